The van der Waals surface area contributed by atoms with Crippen LogP contribution in [0.1, 0.15) is 15.9 Å². The van der Waals surface area contributed by atoms with Gasteiger partial charge in [-0.1, -0.05) is 17.7 Å². The van der Waals surface area contributed by atoms with Gasteiger partial charge in [-0.3, -0.25) is 9.78 Å². The van der Waals surface area contributed by atoms with Crippen LogP contribution < -0.4 is 5.32 Å². The Kier molecular flexibility index (Phi) is 3.50. The SMILES string of the molecule is Cc1ccc(NC(=O)c2cnc3nccnc3c2)cc1Cl. The molecule has 6 heteroatoms. The highest BCUT2D eigenvalue weighted by molar-refractivity contribution is 6.31. The molecule has 1 amide bonds. The number of halogens is 1. The molecule has 0 radical (unpaired) electrons. The maximum atomic E-state index is 12.2. The molecule has 0 atom stereocenters. The second kappa shape index (κ2) is 5.46. The zero-order valence-electron chi connectivity index (χ0n) is 11.2. The highest BCUT2D eigenvalue weighted by Gasteiger charge is 2.09. The highest BCUT2D eigenvalue weighted by Crippen LogP contribution is 2.20. The minimum atomic E-state index is -0.269. The number of carbonyl (C=O) groups is 1. The van der Waals surface area contributed by atoms with Gasteiger partial charge in [0.05, 0.1) is 5.56 Å². The van der Waals surface area contributed by atoms with E-state index < -0.39 is 0 Å². The molecule has 3 rings (SSSR count). The summed E-state index contributed by atoms with van der Waals surface area (Å²) in [4.78, 5) is 24.5. The fourth-order valence-corrected chi connectivity index (χ4v) is 2.04. The quantitative estimate of drug-likeness (QED) is 0.788. The summed E-state index contributed by atoms with van der Waals surface area (Å²) in [7, 11) is 0. The maximum absolute atomic E-state index is 12.2. The van der Waals surface area contributed by atoms with E-state index in [0.717, 1.165) is 5.56 Å². The molecule has 104 valence electrons. The van der Waals surface area contributed by atoms with Crippen molar-refractivity contribution in [2.24, 2.45) is 0 Å². The molecule has 1 aromatic carbocycles. The van der Waals surface area contributed by atoms with Crippen molar-refractivity contribution in [2.75, 3.05) is 5.32 Å². The van der Waals surface area contributed by atoms with E-state index in [1.54, 1.807) is 30.6 Å². The second-order valence-electron chi connectivity index (χ2n) is 4.54. The number of hydrogen-bond donors (Lipinski definition) is 1. The lowest BCUT2D eigenvalue weighted by Gasteiger charge is -2.07. The van der Waals surface area contributed by atoms with Gasteiger partial charge in [0.1, 0.15) is 5.52 Å². The molecule has 0 aliphatic carbocycles. The number of fused-ring (bicyclic) bond motifs is 1. The molecule has 3 aromatic rings. The van der Waals surface area contributed by atoms with Crippen LogP contribution in [0.5, 0.6) is 0 Å². The van der Waals surface area contributed by atoms with E-state index in [0.29, 0.717) is 27.4 Å². The van der Waals surface area contributed by atoms with E-state index in [2.05, 4.69) is 20.3 Å². The summed E-state index contributed by atoms with van der Waals surface area (Å²) >= 11 is 6.04. The Morgan fingerprint density at radius 1 is 1.14 bits per heavy atom. The number of hydrogen-bond acceptors (Lipinski definition) is 4. The number of amides is 1. The summed E-state index contributed by atoms with van der Waals surface area (Å²) in [5, 5.41) is 3.39. The minimum absolute atomic E-state index is 0.269. The molecular weight excluding hydrogens is 288 g/mol. The van der Waals surface area contributed by atoms with Crippen molar-refractivity contribution in [3.8, 4) is 0 Å². The number of carbonyl (C=O) groups excluding carboxylic acids is 1. The van der Waals surface area contributed by atoms with E-state index in [1.807, 2.05) is 13.0 Å². The van der Waals surface area contributed by atoms with Gasteiger partial charge in [-0.25, -0.2) is 9.97 Å². The van der Waals surface area contributed by atoms with Crippen molar-refractivity contribution in [3.05, 3.63) is 59.0 Å². The van der Waals surface area contributed by atoms with Crippen molar-refractivity contribution >= 4 is 34.4 Å². The number of aryl methyl sites for hydroxylation is 1. The maximum Gasteiger partial charge on any atom is 0.257 e. The fraction of sp³-hybridized carbons (Fsp3) is 0.0667. The molecule has 0 fully saturated rings. The predicted molar refractivity (Wildman–Crippen MR) is 81.5 cm³/mol. The minimum Gasteiger partial charge on any atom is -0.322 e. The van der Waals surface area contributed by atoms with Gasteiger partial charge < -0.3 is 5.32 Å². The van der Waals surface area contributed by atoms with Crippen LogP contribution in [0, 0.1) is 6.92 Å². The monoisotopic (exact) mass is 298 g/mol. The first-order valence-corrected chi connectivity index (χ1v) is 6.65. The third kappa shape index (κ3) is 2.83. The molecule has 0 bridgehead atoms. The third-order valence-electron chi connectivity index (χ3n) is 3.02. The van der Waals surface area contributed by atoms with Gasteiger partial charge in [-0.05, 0) is 30.7 Å². The van der Waals surface area contributed by atoms with Crippen molar-refractivity contribution in [2.45, 2.75) is 6.92 Å². The topological polar surface area (TPSA) is 67.8 Å². The van der Waals surface area contributed by atoms with E-state index >= 15 is 0 Å². The molecule has 0 unspecified atom stereocenters. The zero-order chi connectivity index (χ0) is 14.8. The van der Waals surface area contributed by atoms with Crippen molar-refractivity contribution in [1.29, 1.82) is 0 Å². The molecule has 21 heavy (non-hydrogen) atoms. The molecule has 0 spiro atoms. The number of nitrogens with one attached hydrogen (secondary N) is 1. The third-order valence-corrected chi connectivity index (χ3v) is 3.42. The zero-order valence-corrected chi connectivity index (χ0v) is 11.9. The number of rotatable bonds is 2. The normalized spacial score (nSPS) is 10.6. The molecule has 2 heterocycles. The summed E-state index contributed by atoms with van der Waals surface area (Å²) in [5.41, 5.74) is 3.09. The van der Waals surface area contributed by atoms with Gasteiger partial charge in [-0.15, -0.1) is 0 Å². The molecular formula is C15H11ClN4O. The molecule has 1 N–H and O–H groups in total. The number of pyridine rings is 1. The molecule has 0 saturated carbocycles. The lowest BCUT2D eigenvalue weighted by Crippen LogP contribution is -2.12. The van der Waals surface area contributed by atoms with Crippen LogP contribution in [0.4, 0.5) is 5.69 Å². The molecule has 5 nitrogen and oxygen atoms in total. The summed E-state index contributed by atoms with van der Waals surface area (Å²) in [5.74, 6) is -0.269. The number of anilines is 1. The van der Waals surface area contributed by atoms with E-state index in [4.69, 9.17) is 11.6 Å². The fourth-order valence-electron chi connectivity index (χ4n) is 1.86. The number of aromatic nitrogens is 3. The molecule has 0 saturated heterocycles. The first-order valence-electron chi connectivity index (χ1n) is 6.28. The smallest absolute Gasteiger partial charge is 0.257 e. The van der Waals surface area contributed by atoms with Gasteiger partial charge >= 0.3 is 0 Å². The average Bonchev–Trinajstić information content (AvgIpc) is 2.50. The van der Waals surface area contributed by atoms with Gasteiger partial charge in [-0.2, -0.15) is 0 Å². The van der Waals surface area contributed by atoms with Gasteiger partial charge in [0.2, 0.25) is 0 Å². The van der Waals surface area contributed by atoms with Crippen LogP contribution in [-0.4, -0.2) is 20.9 Å². The van der Waals surface area contributed by atoms with Crippen molar-refractivity contribution in [3.63, 3.8) is 0 Å². The number of benzene rings is 1. The lowest BCUT2D eigenvalue weighted by atomic mass is 10.2. The summed E-state index contributed by atoms with van der Waals surface area (Å²) in [6, 6.07) is 7.01. The highest BCUT2D eigenvalue weighted by atomic mass is 35.5. The first-order chi connectivity index (χ1) is 10.1. The van der Waals surface area contributed by atoms with Crippen LogP contribution in [0.3, 0.4) is 0 Å². The number of nitrogens with zero attached hydrogens (tertiary/aromatic N) is 3. The molecule has 0 aliphatic heterocycles. The van der Waals surface area contributed by atoms with Gasteiger partial charge in [0, 0.05) is 29.3 Å². The van der Waals surface area contributed by atoms with Crippen LogP contribution in [0.15, 0.2) is 42.9 Å². The van der Waals surface area contributed by atoms with Crippen molar-refractivity contribution in [1.82, 2.24) is 15.0 Å². The summed E-state index contributed by atoms with van der Waals surface area (Å²) in [6.07, 6.45) is 4.59. The van der Waals surface area contributed by atoms with Gasteiger partial charge in [0.25, 0.3) is 5.91 Å². The van der Waals surface area contributed by atoms with Crippen LogP contribution in [0.25, 0.3) is 11.2 Å². The molecule has 2 aromatic heterocycles. The molecule has 0 aliphatic rings. The van der Waals surface area contributed by atoms with Crippen LogP contribution in [0.2, 0.25) is 5.02 Å². The first kappa shape index (κ1) is 13.5. The van der Waals surface area contributed by atoms with E-state index in [1.165, 1.54) is 6.20 Å². The van der Waals surface area contributed by atoms with Crippen LogP contribution in [-0.2, 0) is 0 Å². The van der Waals surface area contributed by atoms with E-state index in [-0.39, 0.29) is 5.91 Å². The lowest BCUT2D eigenvalue weighted by molar-refractivity contribution is 0.102. The van der Waals surface area contributed by atoms with Gasteiger partial charge in [0.15, 0.2) is 5.65 Å². The average molecular weight is 299 g/mol. The standard InChI is InChI=1S/C15H11ClN4O/c1-9-2-3-11(7-12(9)16)20-15(21)10-6-13-14(19-8-10)18-5-4-17-13/h2-8H,1H3,(H,20,21). The summed E-state index contributed by atoms with van der Waals surface area (Å²) in [6.45, 7) is 1.90. The Hall–Kier alpha value is -2.53. The second-order valence-corrected chi connectivity index (χ2v) is 4.95. The Labute approximate surface area is 126 Å². The Morgan fingerprint density at radius 3 is 2.76 bits per heavy atom. The van der Waals surface area contributed by atoms with Crippen LogP contribution >= 0.6 is 11.6 Å². The summed E-state index contributed by atoms with van der Waals surface area (Å²) < 4.78 is 0. The van der Waals surface area contributed by atoms with E-state index in [9.17, 15) is 4.79 Å². The Morgan fingerprint density at radius 2 is 1.95 bits per heavy atom. The largest absolute Gasteiger partial charge is 0.322 e. The Bertz CT molecular complexity index is 835. The Balaban J connectivity index is 1.87. The predicted octanol–water partition coefficient (Wildman–Crippen LogP) is 3.24. The van der Waals surface area contributed by atoms with Crippen molar-refractivity contribution < 1.29 is 4.79 Å².